The largest absolute Gasteiger partial charge is 0.367 e. The minimum absolute atomic E-state index is 0.0711. The molecule has 1 amide bonds. The Balaban J connectivity index is 1.90. The maximum absolute atomic E-state index is 12.0. The number of nitrogens with two attached hydrogens (primary N) is 1. The number of aromatic nitrogens is 3. The SMILES string of the molecule is CN(C(=O)Cn1cnc(N)n1)C1CCCCC1. The third kappa shape index (κ3) is 2.95. The first-order valence-electron chi connectivity index (χ1n) is 6.07. The first-order valence-corrected chi connectivity index (χ1v) is 6.07. The molecule has 6 nitrogen and oxygen atoms in total. The Morgan fingerprint density at radius 1 is 1.53 bits per heavy atom. The zero-order chi connectivity index (χ0) is 12.3. The molecule has 0 spiro atoms. The van der Waals surface area contributed by atoms with E-state index >= 15 is 0 Å². The van der Waals surface area contributed by atoms with Crippen LogP contribution in [0.4, 0.5) is 5.95 Å². The first kappa shape index (κ1) is 11.9. The number of hydrogen-bond acceptors (Lipinski definition) is 4. The van der Waals surface area contributed by atoms with Crippen molar-refractivity contribution in [2.75, 3.05) is 12.8 Å². The van der Waals surface area contributed by atoms with Gasteiger partial charge in [0.2, 0.25) is 11.9 Å². The average Bonchev–Trinajstić information content (AvgIpc) is 2.75. The number of nitrogens with zero attached hydrogens (tertiary/aromatic N) is 4. The van der Waals surface area contributed by atoms with Crippen LogP contribution in [0.1, 0.15) is 32.1 Å². The highest BCUT2D eigenvalue weighted by molar-refractivity contribution is 5.75. The molecule has 17 heavy (non-hydrogen) atoms. The van der Waals surface area contributed by atoms with Crippen molar-refractivity contribution in [1.29, 1.82) is 0 Å². The summed E-state index contributed by atoms with van der Waals surface area (Å²) in [7, 11) is 1.87. The molecule has 1 aliphatic carbocycles. The molecule has 2 N–H and O–H groups in total. The number of anilines is 1. The summed E-state index contributed by atoms with van der Waals surface area (Å²) in [5.74, 6) is 0.278. The van der Waals surface area contributed by atoms with Crippen LogP contribution in [-0.2, 0) is 11.3 Å². The fourth-order valence-electron chi connectivity index (χ4n) is 2.31. The summed E-state index contributed by atoms with van der Waals surface area (Å²) in [5.41, 5.74) is 5.41. The maximum Gasteiger partial charge on any atom is 0.244 e. The van der Waals surface area contributed by atoms with Crippen LogP contribution in [0.25, 0.3) is 0 Å². The van der Waals surface area contributed by atoms with E-state index in [1.165, 1.54) is 30.3 Å². The van der Waals surface area contributed by atoms with Crippen molar-refractivity contribution in [3.8, 4) is 0 Å². The third-order valence-corrected chi connectivity index (χ3v) is 3.37. The van der Waals surface area contributed by atoms with Crippen molar-refractivity contribution < 1.29 is 4.79 Å². The third-order valence-electron chi connectivity index (χ3n) is 3.37. The molecule has 1 aromatic heterocycles. The highest BCUT2D eigenvalue weighted by Crippen LogP contribution is 2.21. The van der Waals surface area contributed by atoms with Crippen LogP contribution < -0.4 is 5.73 Å². The number of likely N-dealkylation sites (N-methyl/N-ethyl adjacent to an activating group) is 1. The van der Waals surface area contributed by atoms with Gasteiger partial charge in [0, 0.05) is 13.1 Å². The maximum atomic E-state index is 12.0. The van der Waals surface area contributed by atoms with Gasteiger partial charge in [0.25, 0.3) is 0 Å². The van der Waals surface area contributed by atoms with Gasteiger partial charge < -0.3 is 10.6 Å². The Labute approximate surface area is 101 Å². The van der Waals surface area contributed by atoms with Crippen LogP contribution in [0, 0.1) is 0 Å². The molecule has 1 saturated carbocycles. The molecule has 0 unspecified atom stereocenters. The molecule has 1 heterocycles. The van der Waals surface area contributed by atoms with E-state index in [1.54, 1.807) is 0 Å². The molecule has 0 aliphatic heterocycles. The second-order valence-electron chi connectivity index (χ2n) is 4.60. The lowest BCUT2D eigenvalue weighted by molar-refractivity contribution is -0.133. The van der Waals surface area contributed by atoms with Gasteiger partial charge in [-0.2, -0.15) is 0 Å². The fourth-order valence-corrected chi connectivity index (χ4v) is 2.31. The summed E-state index contributed by atoms with van der Waals surface area (Å²) < 4.78 is 1.48. The summed E-state index contributed by atoms with van der Waals surface area (Å²) in [5, 5.41) is 3.91. The lowest BCUT2D eigenvalue weighted by Gasteiger charge is -2.31. The Morgan fingerprint density at radius 3 is 2.82 bits per heavy atom. The first-order chi connectivity index (χ1) is 8.16. The Morgan fingerprint density at radius 2 is 2.24 bits per heavy atom. The minimum Gasteiger partial charge on any atom is -0.367 e. The zero-order valence-electron chi connectivity index (χ0n) is 10.2. The average molecular weight is 237 g/mol. The normalized spacial score (nSPS) is 17.0. The zero-order valence-corrected chi connectivity index (χ0v) is 10.2. The summed E-state index contributed by atoms with van der Waals surface area (Å²) >= 11 is 0. The Bertz CT molecular complexity index is 383. The van der Waals surface area contributed by atoms with Crippen molar-refractivity contribution in [3.05, 3.63) is 6.33 Å². The van der Waals surface area contributed by atoms with E-state index < -0.39 is 0 Å². The summed E-state index contributed by atoms with van der Waals surface area (Å²) in [6.07, 6.45) is 7.45. The van der Waals surface area contributed by atoms with Crippen LogP contribution in [0.2, 0.25) is 0 Å². The van der Waals surface area contributed by atoms with Gasteiger partial charge in [0.1, 0.15) is 12.9 Å². The monoisotopic (exact) mass is 237 g/mol. The molecule has 2 rings (SSSR count). The second kappa shape index (κ2) is 5.16. The van der Waals surface area contributed by atoms with E-state index in [-0.39, 0.29) is 18.4 Å². The predicted molar refractivity (Wildman–Crippen MR) is 64.1 cm³/mol. The molecule has 1 aliphatic rings. The number of hydrogen-bond donors (Lipinski definition) is 1. The van der Waals surface area contributed by atoms with E-state index in [0.29, 0.717) is 6.04 Å². The van der Waals surface area contributed by atoms with E-state index in [9.17, 15) is 4.79 Å². The molecule has 1 fully saturated rings. The number of amides is 1. The lowest BCUT2D eigenvalue weighted by Crippen LogP contribution is -2.40. The highest BCUT2D eigenvalue weighted by atomic mass is 16.2. The van der Waals surface area contributed by atoms with Crippen molar-refractivity contribution in [2.24, 2.45) is 0 Å². The lowest BCUT2D eigenvalue weighted by atomic mass is 9.94. The molecule has 0 atom stereocenters. The quantitative estimate of drug-likeness (QED) is 0.837. The van der Waals surface area contributed by atoms with Crippen molar-refractivity contribution in [2.45, 2.75) is 44.7 Å². The predicted octanol–water partition coefficient (Wildman–Crippen LogP) is 0.651. The smallest absolute Gasteiger partial charge is 0.244 e. The van der Waals surface area contributed by atoms with Gasteiger partial charge in [-0.05, 0) is 12.8 Å². The summed E-state index contributed by atoms with van der Waals surface area (Å²) in [6.45, 7) is 0.219. The van der Waals surface area contributed by atoms with Gasteiger partial charge in [-0.3, -0.25) is 4.79 Å². The van der Waals surface area contributed by atoms with E-state index in [1.807, 2.05) is 11.9 Å². The Kier molecular flexibility index (Phi) is 3.61. The van der Waals surface area contributed by atoms with Crippen LogP contribution >= 0.6 is 0 Å². The standard InChI is InChI=1S/C11H19N5O/c1-15(9-5-3-2-4-6-9)10(17)7-16-8-13-11(12)14-16/h8-9H,2-7H2,1H3,(H2,12,14). The molecule has 94 valence electrons. The van der Waals surface area contributed by atoms with Gasteiger partial charge in [0.05, 0.1) is 0 Å². The summed E-state index contributed by atoms with van der Waals surface area (Å²) in [6, 6.07) is 0.386. The van der Waals surface area contributed by atoms with Crippen molar-refractivity contribution in [3.63, 3.8) is 0 Å². The molecule has 0 radical (unpaired) electrons. The van der Waals surface area contributed by atoms with Gasteiger partial charge in [0.15, 0.2) is 0 Å². The van der Waals surface area contributed by atoms with E-state index in [2.05, 4.69) is 10.1 Å². The van der Waals surface area contributed by atoms with Gasteiger partial charge in [-0.1, -0.05) is 19.3 Å². The number of rotatable bonds is 3. The van der Waals surface area contributed by atoms with Crippen LogP contribution in [0.5, 0.6) is 0 Å². The molecular formula is C11H19N5O. The van der Waals surface area contributed by atoms with Gasteiger partial charge in [-0.25, -0.2) is 9.67 Å². The van der Waals surface area contributed by atoms with Crippen molar-refractivity contribution in [1.82, 2.24) is 19.7 Å². The molecule has 1 aromatic rings. The number of carbonyl (C=O) groups is 1. The van der Waals surface area contributed by atoms with Gasteiger partial charge in [-0.15, -0.1) is 5.10 Å². The number of carbonyl (C=O) groups excluding carboxylic acids is 1. The Hall–Kier alpha value is -1.59. The molecule has 0 saturated heterocycles. The van der Waals surface area contributed by atoms with Crippen LogP contribution in [0.3, 0.4) is 0 Å². The minimum atomic E-state index is 0.0711. The van der Waals surface area contributed by atoms with Gasteiger partial charge >= 0.3 is 0 Å². The topological polar surface area (TPSA) is 77.0 Å². The summed E-state index contributed by atoms with van der Waals surface area (Å²) in [4.78, 5) is 17.7. The molecule has 6 heteroatoms. The van der Waals surface area contributed by atoms with Crippen LogP contribution in [0.15, 0.2) is 6.33 Å². The van der Waals surface area contributed by atoms with E-state index in [4.69, 9.17) is 5.73 Å². The highest BCUT2D eigenvalue weighted by Gasteiger charge is 2.22. The molecular weight excluding hydrogens is 218 g/mol. The second-order valence-corrected chi connectivity index (χ2v) is 4.60. The van der Waals surface area contributed by atoms with E-state index in [0.717, 1.165) is 12.8 Å². The number of nitrogen functional groups attached to an aromatic ring is 1. The van der Waals surface area contributed by atoms with Crippen LogP contribution in [-0.4, -0.2) is 38.7 Å². The molecule has 0 aromatic carbocycles. The fraction of sp³-hybridized carbons (Fsp3) is 0.727. The van der Waals surface area contributed by atoms with Crippen molar-refractivity contribution >= 4 is 11.9 Å². The molecule has 0 bridgehead atoms.